The van der Waals surface area contributed by atoms with E-state index < -0.39 is 0 Å². The van der Waals surface area contributed by atoms with E-state index in [1.165, 1.54) is 31.2 Å². The third-order valence-corrected chi connectivity index (χ3v) is 5.72. The van der Waals surface area contributed by atoms with E-state index in [1.54, 1.807) is 0 Å². The summed E-state index contributed by atoms with van der Waals surface area (Å²) in [6.07, 6.45) is 4.95. The molecule has 0 aromatic heterocycles. The Morgan fingerprint density at radius 3 is 2.64 bits per heavy atom. The standard InChI is InChI=1S/C19H27N3O2.HI/c1-14-5-9-22(10-6-14)18(20-2)21-12-19(7-8-19)15-3-4-16-17(11-15)24-13-23-16;/h3-4,11,14H,5-10,12-13H2,1-2H3,(H,20,21);1H. The molecule has 6 heteroatoms. The lowest BCUT2D eigenvalue weighted by Gasteiger charge is -2.33. The molecule has 5 nitrogen and oxygen atoms in total. The third-order valence-electron chi connectivity index (χ3n) is 5.72. The highest BCUT2D eigenvalue weighted by Gasteiger charge is 2.45. The van der Waals surface area contributed by atoms with Crippen LogP contribution in [0.1, 0.15) is 38.2 Å². The smallest absolute Gasteiger partial charge is 0.231 e. The Morgan fingerprint density at radius 1 is 1.24 bits per heavy atom. The minimum Gasteiger partial charge on any atom is -0.454 e. The van der Waals surface area contributed by atoms with Crippen LogP contribution in [-0.2, 0) is 5.41 Å². The van der Waals surface area contributed by atoms with Gasteiger partial charge in [0.2, 0.25) is 6.79 Å². The Morgan fingerprint density at radius 2 is 1.96 bits per heavy atom. The van der Waals surface area contributed by atoms with Crippen LogP contribution in [-0.4, -0.2) is 44.3 Å². The molecule has 1 aromatic rings. The van der Waals surface area contributed by atoms with E-state index in [1.807, 2.05) is 13.1 Å². The summed E-state index contributed by atoms with van der Waals surface area (Å²) in [4.78, 5) is 6.90. The van der Waals surface area contributed by atoms with Crippen molar-refractivity contribution < 1.29 is 9.47 Å². The van der Waals surface area contributed by atoms with Gasteiger partial charge in [-0.15, -0.1) is 24.0 Å². The number of piperidine rings is 1. The Bertz CT molecular complexity index is 638. The van der Waals surface area contributed by atoms with Crippen LogP contribution >= 0.6 is 24.0 Å². The largest absolute Gasteiger partial charge is 0.454 e. The Hall–Kier alpha value is -1.18. The molecule has 0 radical (unpaired) electrons. The van der Waals surface area contributed by atoms with Crippen molar-refractivity contribution in [3.8, 4) is 11.5 Å². The van der Waals surface area contributed by atoms with Crippen LogP contribution in [0.3, 0.4) is 0 Å². The fraction of sp³-hybridized carbons (Fsp3) is 0.632. The van der Waals surface area contributed by atoms with Crippen molar-refractivity contribution in [1.82, 2.24) is 10.2 Å². The normalized spacial score (nSPS) is 21.7. The molecule has 1 saturated heterocycles. The highest BCUT2D eigenvalue weighted by Crippen LogP contribution is 2.49. The molecule has 0 bridgehead atoms. The van der Waals surface area contributed by atoms with Crippen LogP contribution in [0, 0.1) is 5.92 Å². The highest BCUT2D eigenvalue weighted by atomic mass is 127. The molecule has 3 aliphatic rings. The number of ether oxygens (including phenoxy) is 2. The van der Waals surface area contributed by atoms with Gasteiger partial charge in [-0.1, -0.05) is 13.0 Å². The number of benzene rings is 1. The van der Waals surface area contributed by atoms with E-state index in [9.17, 15) is 0 Å². The van der Waals surface area contributed by atoms with Gasteiger partial charge in [-0.25, -0.2) is 0 Å². The number of hydrogen-bond acceptors (Lipinski definition) is 3. The Kier molecular flexibility index (Phi) is 5.65. The van der Waals surface area contributed by atoms with Gasteiger partial charge < -0.3 is 19.7 Å². The molecule has 2 fully saturated rings. The zero-order valence-electron chi connectivity index (χ0n) is 15.1. The van der Waals surface area contributed by atoms with Crippen LogP contribution in [0.25, 0.3) is 0 Å². The summed E-state index contributed by atoms with van der Waals surface area (Å²) in [6.45, 7) is 5.83. The van der Waals surface area contributed by atoms with E-state index in [0.29, 0.717) is 6.79 Å². The molecule has 0 spiro atoms. The topological polar surface area (TPSA) is 46.1 Å². The molecule has 4 rings (SSSR count). The van der Waals surface area contributed by atoms with Crippen molar-refractivity contribution in [3.63, 3.8) is 0 Å². The average Bonchev–Trinajstić information content (AvgIpc) is 3.25. The van der Waals surface area contributed by atoms with Crippen molar-refractivity contribution >= 4 is 29.9 Å². The molecule has 2 heterocycles. The summed E-state index contributed by atoms with van der Waals surface area (Å²) in [6, 6.07) is 6.38. The van der Waals surface area contributed by atoms with Crippen LogP contribution in [0.15, 0.2) is 23.2 Å². The van der Waals surface area contributed by atoms with Gasteiger partial charge in [0, 0.05) is 32.1 Å². The number of fused-ring (bicyclic) bond motifs is 1. The summed E-state index contributed by atoms with van der Waals surface area (Å²) in [5, 5.41) is 3.63. The molecule has 1 aliphatic carbocycles. The molecule has 25 heavy (non-hydrogen) atoms. The molecular formula is C19H28IN3O2. The molecule has 1 N–H and O–H groups in total. The van der Waals surface area contributed by atoms with Crippen LogP contribution in [0.5, 0.6) is 11.5 Å². The van der Waals surface area contributed by atoms with Gasteiger partial charge in [0.05, 0.1) is 0 Å². The lowest BCUT2D eigenvalue weighted by atomic mass is 9.95. The van der Waals surface area contributed by atoms with Crippen molar-refractivity contribution in [3.05, 3.63) is 23.8 Å². The van der Waals surface area contributed by atoms with Gasteiger partial charge in [-0.3, -0.25) is 4.99 Å². The molecule has 0 amide bonds. The number of guanidine groups is 1. The first kappa shape index (κ1) is 18.6. The summed E-state index contributed by atoms with van der Waals surface area (Å²) in [7, 11) is 1.89. The van der Waals surface area contributed by atoms with Crippen molar-refractivity contribution in [2.24, 2.45) is 10.9 Å². The minimum absolute atomic E-state index is 0. The molecule has 0 unspecified atom stereocenters. The number of aliphatic imine (C=N–C) groups is 1. The van der Waals surface area contributed by atoms with E-state index in [-0.39, 0.29) is 29.4 Å². The van der Waals surface area contributed by atoms with Gasteiger partial charge in [0.1, 0.15) is 0 Å². The van der Waals surface area contributed by atoms with Gasteiger partial charge >= 0.3 is 0 Å². The second-order valence-corrected chi connectivity index (χ2v) is 7.42. The second kappa shape index (κ2) is 7.60. The van der Waals surface area contributed by atoms with Crippen LogP contribution in [0.2, 0.25) is 0 Å². The predicted octanol–water partition coefficient (Wildman–Crippen LogP) is 3.37. The van der Waals surface area contributed by atoms with Gasteiger partial charge in [0.25, 0.3) is 0 Å². The van der Waals surface area contributed by atoms with Crippen LogP contribution in [0.4, 0.5) is 0 Å². The van der Waals surface area contributed by atoms with Crippen molar-refractivity contribution in [2.75, 3.05) is 33.5 Å². The van der Waals surface area contributed by atoms with Gasteiger partial charge in [-0.05, 0) is 49.3 Å². The van der Waals surface area contributed by atoms with Gasteiger partial charge in [0.15, 0.2) is 17.5 Å². The lowest BCUT2D eigenvalue weighted by Crippen LogP contribution is -2.47. The quantitative estimate of drug-likeness (QED) is 0.430. The first-order valence-corrected chi connectivity index (χ1v) is 9.06. The molecule has 2 aliphatic heterocycles. The van der Waals surface area contributed by atoms with E-state index in [0.717, 1.165) is 43.0 Å². The maximum Gasteiger partial charge on any atom is 0.231 e. The SMILES string of the molecule is CN=C(NCC1(c2ccc3c(c2)OCO3)CC1)N1CCC(C)CC1.I. The van der Waals surface area contributed by atoms with Gasteiger partial charge in [-0.2, -0.15) is 0 Å². The number of likely N-dealkylation sites (tertiary alicyclic amines) is 1. The Labute approximate surface area is 167 Å². The maximum absolute atomic E-state index is 5.54. The summed E-state index contributed by atoms with van der Waals surface area (Å²) in [5.74, 6) is 3.63. The lowest BCUT2D eigenvalue weighted by molar-refractivity contribution is 0.174. The predicted molar refractivity (Wildman–Crippen MR) is 110 cm³/mol. The fourth-order valence-electron chi connectivity index (χ4n) is 3.75. The van der Waals surface area contributed by atoms with E-state index in [2.05, 4.69) is 34.3 Å². The fourth-order valence-corrected chi connectivity index (χ4v) is 3.75. The average molecular weight is 457 g/mol. The molecular weight excluding hydrogens is 429 g/mol. The number of rotatable bonds is 3. The Balaban J connectivity index is 0.00000182. The molecule has 138 valence electrons. The number of nitrogens with one attached hydrogen (secondary N) is 1. The highest BCUT2D eigenvalue weighted by molar-refractivity contribution is 14.0. The molecule has 1 saturated carbocycles. The third kappa shape index (κ3) is 3.83. The van der Waals surface area contributed by atoms with E-state index >= 15 is 0 Å². The first-order chi connectivity index (χ1) is 11.7. The molecule has 0 atom stereocenters. The zero-order valence-corrected chi connectivity index (χ0v) is 17.4. The monoisotopic (exact) mass is 457 g/mol. The maximum atomic E-state index is 5.54. The zero-order chi connectivity index (χ0) is 16.6. The van der Waals surface area contributed by atoms with Crippen molar-refractivity contribution in [1.29, 1.82) is 0 Å². The second-order valence-electron chi connectivity index (χ2n) is 7.42. The molecule has 1 aromatic carbocycles. The number of halogens is 1. The first-order valence-electron chi connectivity index (χ1n) is 9.06. The van der Waals surface area contributed by atoms with E-state index in [4.69, 9.17) is 9.47 Å². The number of hydrogen-bond donors (Lipinski definition) is 1. The van der Waals surface area contributed by atoms with Crippen molar-refractivity contribution in [2.45, 2.75) is 38.0 Å². The summed E-state index contributed by atoms with van der Waals surface area (Å²) < 4.78 is 11.0. The van der Waals surface area contributed by atoms with Crippen LogP contribution < -0.4 is 14.8 Å². The number of nitrogens with zero attached hydrogens (tertiary/aromatic N) is 2. The summed E-state index contributed by atoms with van der Waals surface area (Å²) in [5.41, 5.74) is 1.57. The summed E-state index contributed by atoms with van der Waals surface area (Å²) >= 11 is 0. The minimum atomic E-state index is 0.